The Morgan fingerprint density at radius 1 is 0.698 bits per heavy atom. The predicted octanol–water partition coefficient (Wildman–Crippen LogP) is -4.10. The molecule has 7 aliphatic rings. The molecule has 7 rings (SSSR count). The maximum absolute atomic E-state index is 14.8. The maximum Gasteiger partial charge on any atom is 2.00 e. The van der Waals surface area contributed by atoms with Crippen LogP contribution in [0.1, 0.15) is 106 Å². The van der Waals surface area contributed by atoms with Crippen molar-refractivity contribution >= 4 is 46.7 Å². The second-order valence-electron chi connectivity index (χ2n) is 20.6. The van der Waals surface area contributed by atoms with Crippen LogP contribution < -0.4 is 10.2 Å². The number of carboxylic acid groups (broad SMARTS) is 3. The summed E-state index contributed by atoms with van der Waals surface area (Å²) in [7, 11) is 0. The molecule has 21 heteroatoms. The van der Waals surface area contributed by atoms with E-state index in [0.29, 0.717) is 38.5 Å². The number of ketones is 1. The number of hydrogen-bond acceptors (Lipinski definition) is 15. The Hall–Kier alpha value is -1.93. The average Bonchev–Trinajstić information content (AvgIpc) is 3.13. The van der Waals surface area contributed by atoms with Gasteiger partial charge in [0.25, 0.3) is 0 Å². The van der Waals surface area contributed by atoms with E-state index in [0.717, 1.165) is 24.8 Å². The Morgan fingerprint density at radius 2 is 1.24 bits per heavy atom. The summed E-state index contributed by atoms with van der Waals surface area (Å²) in [4.78, 5) is 51.1. The minimum atomic E-state index is -2.15. The monoisotopic (exact) mass is 916 g/mol. The number of fused-ring (bicyclic) bond motifs is 7. The van der Waals surface area contributed by atoms with Crippen LogP contribution in [-0.2, 0) is 38.1 Å². The van der Waals surface area contributed by atoms with Crippen molar-refractivity contribution in [2.24, 2.45) is 50.2 Å². The fourth-order valence-corrected chi connectivity index (χ4v) is 13.4. The second-order valence-corrected chi connectivity index (χ2v) is 20.6. The second kappa shape index (κ2) is 19.0. The van der Waals surface area contributed by atoms with E-state index >= 15 is 0 Å². The molecule has 0 radical (unpaired) electrons. The van der Waals surface area contributed by atoms with Gasteiger partial charge < -0.3 is 91.3 Å². The van der Waals surface area contributed by atoms with Gasteiger partial charge in [-0.15, -0.1) is 0 Å². The smallest absolute Gasteiger partial charge is 0.547 e. The molecule has 6 fully saturated rings. The van der Waals surface area contributed by atoms with Gasteiger partial charge in [0.2, 0.25) is 0 Å². The van der Waals surface area contributed by atoms with Gasteiger partial charge in [-0.3, -0.25) is 9.59 Å². The van der Waals surface area contributed by atoms with Crippen LogP contribution in [0.25, 0.3) is 0 Å². The molecule has 2 saturated heterocycles. The Kier molecular flexibility index (Phi) is 17.2. The number of carbonyl (C=O) groups is 4. The molecule has 14 N–H and O–H groups in total. The Labute approximate surface area is 382 Å². The van der Waals surface area contributed by atoms with Crippen LogP contribution in [0.15, 0.2) is 11.6 Å². The minimum absolute atomic E-state index is 0. The first-order valence-corrected chi connectivity index (χ1v) is 20.7. The SMILES string of the molecule is CC1(C(=O)O)CCC2(C)CCC3(C)C(=CC(=O)C4C5(C)CCC(OC6OC(C(=O)[O-])C(O)C(O)C6OC6OC(C(=O)[O-])C(O)C(O)C6O)C(C)(C)C5CCC43C)C2C1.O.O.O.O.[Mg+2]. The number of carboxylic acids is 3. The van der Waals surface area contributed by atoms with Gasteiger partial charge in [0.1, 0.15) is 48.8 Å². The molecule has 0 spiro atoms. The van der Waals surface area contributed by atoms with Crippen molar-refractivity contribution in [2.45, 2.75) is 174 Å². The molecule has 4 saturated carbocycles. The molecule has 2 heterocycles. The molecular weight excluding hydrogens is 849 g/mol. The number of rotatable bonds is 7. The van der Waals surface area contributed by atoms with Crippen LogP contribution in [-0.4, -0.2) is 167 Å². The Morgan fingerprint density at radius 3 is 1.79 bits per heavy atom. The molecule has 0 aromatic rings. The van der Waals surface area contributed by atoms with E-state index in [1.165, 1.54) is 0 Å². The summed E-state index contributed by atoms with van der Waals surface area (Å²) in [5, 5.41) is 87.1. The third kappa shape index (κ3) is 8.53. The molecule has 19 atom stereocenters. The Bertz CT molecular complexity index is 1750. The number of carbonyl (C=O) groups excluding carboxylic acids is 3. The number of allylic oxidation sites excluding steroid dienone is 2. The first-order valence-electron chi connectivity index (χ1n) is 20.7. The van der Waals surface area contributed by atoms with Gasteiger partial charge in [-0.05, 0) is 110 Å². The van der Waals surface area contributed by atoms with E-state index in [2.05, 4.69) is 27.7 Å². The van der Waals surface area contributed by atoms with Crippen molar-refractivity contribution in [3.63, 3.8) is 0 Å². The zero-order chi connectivity index (χ0) is 42.9. The summed E-state index contributed by atoms with van der Waals surface area (Å²) in [6.45, 7) is 14.8. The molecule has 2 aliphatic heterocycles. The van der Waals surface area contributed by atoms with E-state index in [1.807, 2.05) is 26.8 Å². The van der Waals surface area contributed by atoms with Crippen LogP contribution >= 0.6 is 0 Å². The molecule has 20 nitrogen and oxygen atoms in total. The number of ether oxygens (including phenoxy) is 4. The van der Waals surface area contributed by atoms with Crippen molar-refractivity contribution in [2.75, 3.05) is 0 Å². The summed E-state index contributed by atoms with van der Waals surface area (Å²) >= 11 is 0. The topological polar surface area (TPSA) is 399 Å². The number of aliphatic hydroxyl groups is 5. The van der Waals surface area contributed by atoms with Gasteiger partial charge in [0.15, 0.2) is 18.4 Å². The van der Waals surface area contributed by atoms with Gasteiger partial charge in [-0.25, -0.2) is 0 Å². The first kappa shape index (κ1) is 57.2. The molecule has 358 valence electrons. The third-order valence-electron chi connectivity index (χ3n) is 17.2. The van der Waals surface area contributed by atoms with Crippen molar-refractivity contribution in [1.82, 2.24) is 0 Å². The molecule has 5 aliphatic carbocycles. The van der Waals surface area contributed by atoms with Crippen molar-refractivity contribution in [1.29, 1.82) is 0 Å². The van der Waals surface area contributed by atoms with Crippen LogP contribution in [0, 0.1) is 50.2 Å². The van der Waals surface area contributed by atoms with Gasteiger partial charge in [0.05, 0.1) is 23.5 Å². The largest absolute Gasteiger partial charge is 2.00 e. The molecule has 63 heavy (non-hydrogen) atoms. The fourth-order valence-electron chi connectivity index (χ4n) is 13.4. The molecule has 19 unspecified atom stereocenters. The zero-order valence-electron chi connectivity index (χ0n) is 37.0. The summed E-state index contributed by atoms with van der Waals surface area (Å²) in [6.07, 6.45) is -13.1. The van der Waals surface area contributed by atoms with E-state index < -0.39 is 107 Å². The maximum atomic E-state index is 14.8. The van der Waals surface area contributed by atoms with Crippen LogP contribution in [0.4, 0.5) is 0 Å². The predicted molar refractivity (Wildman–Crippen MR) is 214 cm³/mol. The van der Waals surface area contributed by atoms with Gasteiger partial charge in [0, 0.05) is 5.92 Å². The normalized spacial score (nSPS) is 48.4. The number of hydrogen-bond donors (Lipinski definition) is 6. The summed E-state index contributed by atoms with van der Waals surface area (Å²) in [6, 6.07) is 0. The number of aliphatic carboxylic acids is 3. The molecule has 0 aromatic heterocycles. The van der Waals surface area contributed by atoms with Crippen LogP contribution in [0.2, 0.25) is 0 Å². The number of aliphatic hydroxyl groups excluding tert-OH is 5. The van der Waals surface area contributed by atoms with Gasteiger partial charge >= 0.3 is 29.0 Å². The quantitative estimate of drug-likeness (QED) is 0.104. The van der Waals surface area contributed by atoms with Gasteiger partial charge in [-0.1, -0.05) is 47.1 Å². The van der Waals surface area contributed by atoms with E-state index in [4.69, 9.17) is 18.9 Å². The van der Waals surface area contributed by atoms with Crippen LogP contribution in [0.5, 0.6) is 0 Å². The van der Waals surface area contributed by atoms with Crippen molar-refractivity contribution in [3.05, 3.63) is 11.6 Å². The van der Waals surface area contributed by atoms with Gasteiger partial charge in [-0.2, -0.15) is 0 Å². The van der Waals surface area contributed by atoms with Crippen LogP contribution in [0.3, 0.4) is 0 Å². The van der Waals surface area contributed by atoms with E-state index in [9.17, 15) is 60.0 Å². The van der Waals surface area contributed by atoms with Crippen molar-refractivity contribution < 1.29 is 101 Å². The third-order valence-corrected chi connectivity index (χ3v) is 17.2. The fraction of sp³-hybridized carbons (Fsp3) is 0.857. The summed E-state index contributed by atoms with van der Waals surface area (Å²) < 4.78 is 23.1. The van der Waals surface area contributed by atoms with Crippen molar-refractivity contribution in [3.8, 4) is 0 Å². The summed E-state index contributed by atoms with van der Waals surface area (Å²) in [5.41, 5.74) is -1.89. The Balaban J connectivity index is 0.00000273. The van der Waals surface area contributed by atoms with E-state index in [1.54, 1.807) is 0 Å². The first-order chi connectivity index (χ1) is 26.8. The molecule has 0 amide bonds. The summed E-state index contributed by atoms with van der Waals surface area (Å²) in [5.74, 6) is -5.04. The minimum Gasteiger partial charge on any atom is -0.547 e. The molecule has 0 bridgehead atoms. The van der Waals surface area contributed by atoms with E-state index in [-0.39, 0.29) is 79.3 Å². The molecular formula is C42H68MgO20. The average molecular weight is 917 g/mol. The standard InChI is InChI=1S/C42H62O16.Mg.4H2O/c1-37(2)21-8-11-42(7)31(20(43)16-18-19-17-39(4,36(53)54)13-12-38(19,3)14-15-41(18,42)6)40(21,5)10-9-22(37)55-35-30(26(47)25(46)29(57-35)33(51)52)58-34-27(48)23(44)24(45)28(56-34)32(49)50;;;;;/h16,19,21-31,34-35,44-48H,8-15,17H2,1-7H3,(H,49,50)(H,51,52)(H,53,54);;4*1H2/q;+2;;;;/p-2. The molecule has 0 aromatic carbocycles. The zero-order valence-corrected chi connectivity index (χ0v) is 38.4.